The van der Waals surface area contributed by atoms with Crippen molar-refractivity contribution in [3.05, 3.63) is 65.2 Å². The van der Waals surface area contributed by atoms with Crippen LogP contribution in [0.1, 0.15) is 53.6 Å². The normalized spacial score (nSPS) is 20.2. The van der Waals surface area contributed by atoms with Crippen LogP contribution in [0.25, 0.3) is 0 Å². The molecule has 2 fully saturated rings. The Bertz CT molecular complexity index is 1270. The van der Waals surface area contributed by atoms with Gasteiger partial charge in [-0.3, -0.25) is 14.4 Å². The minimum atomic E-state index is -1.05. The van der Waals surface area contributed by atoms with E-state index in [2.05, 4.69) is 5.32 Å². The Morgan fingerprint density at radius 3 is 2.20 bits per heavy atom. The Labute approximate surface area is 240 Å². The number of aliphatic carboxylic acids is 1. The molecule has 0 bridgehead atoms. The molecule has 2 aromatic rings. The van der Waals surface area contributed by atoms with Gasteiger partial charge in [-0.1, -0.05) is 30.3 Å². The van der Waals surface area contributed by atoms with Crippen molar-refractivity contribution < 1.29 is 29.0 Å². The monoisotopic (exact) mass is 562 g/mol. The van der Waals surface area contributed by atoms with Gasteiger partial charge in [0.15, 0.2) is 0 Å². The smallest absolute Gasteiger partial charge is 0.410 e. The van der Waals surface area contributed by atoms with E-state index in [1.54, 1.807) is 24.1 Å². The summed E-state index contributed by atoms with van der Waals surface area (Å²) in [7, 11) is 1.64. The standard InChI is InChI=1S/C31H38N4O6/c1-33-19-25-17-24(7-8-26(25)32-27(30(33)39)18-28(36)37)29(38)34-13-9-22(10-14-34)23-11-15-35(16-12-23)31(40)41-20-21-5-3-2-4-6-21/h2-8,17,22-23,27,32H,9-16,18-20H2,1H3,(H,36,37). The second-order valence-electron chi connectivity index (χ2n) is 11.4. The first-order valence-electron chi connectivity index (χ1n) is 14.4. The summed E-state index contributed by atoms with van der Waals surface area (Å²) in [6, 6.07) is 14.2. The van der Waals surface area contributed by atoms with Gasteiger partial charge in [0, 0.05) is 51.0 Å². The molecule has 3 heterocycles. The first kappa shape index (κ1) is 28.4. The highest BCUT2D eigenvalue weighted by atomic mass is 16.6. The van der Waals surface area contributed by atoms with Gasteiger partial charge in [0.2, 0.25) is 5.91 Å². The van der Waals surface area contributed by atoms with Crippen LogP contribution in [0.4, 0.5) is 10.5 Å². The number of nitrogens with zero attached hydrogens (tertiary/aromatic N) is 3. The number of ether oxygens (including phenoxy) is 1. The van der Waals surface area contributed by atoms with E-state index in [0.717, 1.165) is 36.8 Å². The van der Waals surface area contributed by atoms with Crippen LogP contribution in [-0.2, 0) is 27.5 Å². The molecule has 5 rings (SSSR count). The second kappa shape index (κ2) is 12.6. The quantitative estimate of drug-likeness (QED) is 0.549. The summed E-state index contributed by atoms with van der Waals surface area (Å²) < 4.78 is 5.50. The summed E-state index contributed by atoms with van der Waals surface area (Å²) in [5, 5.41) is 12.2. The molecule has 2 aromatic carbocycles. The van der Waals surface area contributed by atoms with Gasteiger partial charge < -0.3 is 29.9 Å². The molecule has 2 saturated heterocycles. The van der Waals surface area contributed by atoms with Crippen LogP contribution in [0.2, 0.25) is 0 Å². The zero-order valence-corrected chi connectivity index (χ0v) is 23.5. The molecule has 0 aromatic heterocycles. The van der Waals surface area contributed by atoms with Crippen molar-refractivity contribution in [3.63, 3.8) is 0 Å². The number of likely N-dealkylation sites (N-methyl/N-ethyl adjacent to an activating group) is 1. The third-order valence-electron chi connectivity index (χ3n) is 8.64. The van der Waals surface area contributed by atoms with Gasteiger partial charge in [0.05, 0.1) is 6.42 Å². The summed E-state index contributed by atoms with van der Waals surface area (Å²) in [6.07, 6.45) is 3.22. The van der Waals surface area contributed by atoms with E-state index in [-0.39, 0.29) is 30.9 Å². The van der Waals surface area contributed by atoms with Crippen molar-refractivity contribution in [1.29, 1.82) is 0 Å². The highest BCUT2D eigenvalue weighted by Gasteiger charge is 2.33. The number of amides is 3. The van der Waals surface area contributed by atoms with Crippen LogP contribution in [0.5, 0.6) is 0 Å². The first-order valence-corrected chi connectivity index (χ1v) is 14.4. The number of fused-ring (bicyclic) bond motifs is 1. The lowest BCUT2D eigenvalue weighted by molar-refractivity contribution is -0.141. The number of rotatable bonds is 6. The number of carboxylic acid groups (broad SMARTS) is 1. The van der Waals surface area contributed by atoms with Crippen LogP contribution in [0.15, 0.2) is 48.5 Å². The van der Waals surface area contributed by atoms with Gasteiger partial charge in [-0.15, -0.1) is 0 Å². The minimum absolute atomic E-state index is 0.0254. The van der Waals surface area contributed by atoms with E-state index < -0.39 is 12.0 Å². The lowest BCUT2D eigenvalue weighted by Crippen LogP contribution is -2.44. The Morgan fingerprint density at radius 2 is 1.56 bits per heavy atom. The number of piperidine rings is 2. The average molecular weight is 563 g/mol. The fourth-order valence-corrected chi connectivity index (χ4v) is 6.28. The Balaban J connectivity index is 1.10. The first-order chi connectivity index (χ1) is 19.8. The average Bonchev–Trinajstić information content (AvgIpc) is 3.10. The number of likely N-dealkylation sites (tertiary alicyclic amines) is 2. The van der Waals surface area contributed by atoms with E-state index in [9.17, 15) is 24.3 Å². The molecule has 0 aliphatic carbocycles. The molecular formula is C31H38N4O6. The van der Waals surface area contributed by atoms with Crippen molar-refractivity contribution in [2.24, 2.45) is 11.8 Å². The molecule has 0 spiro atoms. The summed E-state index contributed by atoms with van der Waals surface area (Å²) in [4.78, 5) is 54.9. The number of nitrogens with one attached hydrogen (secondary N) is 1. The maximum atomic E-state index is 13.4. The van der Waals surface area contributed by atoms with Crippen LogP contribution in [0, 0.1) is 11.8 Å². The molecule has 41 heavy (non-hydrogen) atoms. The second-order valence-corrected chi connectivity index (χ2v) is 11.4. The zero-order chi connectivity index (χ0) is 28.9. The topological polar surface area (TPSA) is 119 Å². The molecule has 10 nitrogen and oxygen atoms in total. The number of benzene rings is 2. The number of carbonyl (C=O) groups is 4. The molecule has 10 heteroatoms. The Morgan fingerprint density at radius 1 is 0.927 bits per heavy atom. The number of hydrogen-bond donors (Lipinski definition) is 2. The highest BCUT2D eigenvalue weighted by Crippen LogP contribution is 2.33. The van der Waals surface area contributed by atoms with Crippen molar-refractivity contribution in [3.8, 4) is 0 Å². The van der Waals surface area contributed by atoms with E-state index in [1.807, 2.05) is 41.3 Å². The minimum Gasteiger partial charge on any atom is -0.481 e. The van der Waals surface area contributed by atoms with Crippen molar-refractivity contribution in [2.75, 3.05) is 38.5 Å². The summed E-state index contributed by atoms with van der Waals surface area (Å²) in [5.41, 5.74) is 3.03. The van der Waals surface area contributed by atoms with E-state index >= 15 is 0 Å². The number of carboxylic acids is 1. The largest absolute Gasteiger partial charge is 0.481 e. The molecule has 3 amide bonds. The van der Waals surface area contributed by atoms with Crippen LogP contribution in [0.3, 0.4) is 0 Å². The molecule has 218 valence electrons. The summed E-state index contributed by atoms with van der Waals surface area (Å²) in [6.45, 7) is 3.37. The third kappa shape index (κ3) is 6.81. The number of anilines is 1. The Kier molecular flexibility index (Phi) is 8.75. The molecule has 0 radical (unpaired) electrons. The fraction of sp³-hybridized carbons (Fsp3) is 0.484. The lowest BCUT2D eigenvalue weighted by atomic mass is 9.79. The maximum absolute atomic E-state index is 13.4. The molecule has 3 aliphatic heterocycles. The van der Waals surface area contributed by atoms with Gasteiger partial charge in [0.25, 0.3) is 5.91 Å². The van der Waals surface area contributed by atoms with E-state index in [4.69, 9.17) is 4.74 Å². The maximum Gasteiger partial charge on any atom is 0.410 e. The summed E-state index contributed by atoms with van der Waals surface area (Å²) in [5.74, 6) is -0.287. The Hall–Kier alpha value is -4.08. The molecule has 1 atom stereocenters. The third-order valence-corrected chi connectivity index (χ3v) is 8.64. The van der Waals surface area contributed by atoms with Gasteiger partial charge in [-0.05, 0) is 66.8 Å². The molecular weight excluding hydrogens is 524 g/mol. The highest BCUT2D eigenvalue weighted by molar-refractivity contribution is 5.96. The lowest BCUT2D eigenvalue weighted by Gasteiger charge is -2.40. The van der Waals surface area contributed by atoms with Crippen LogP contribution >= 0.6 is 0 Å². The summed E-state index contributed by atoms with van der Waals surface area (Å²) >= 11 is 0. The van der Waals surface area contributed by atoms with Crippen molar-refractivity contribution >= 4 is 29.6 Å². The van der Waals surface area contributed by atoms with E-state index in [1.165, 1.54) is 4.90 Å². The van der Waals surface area contributed by atoms with Crippen molar-refractivity contribution in [2.45, 2.75) is 51.3 Å². The zero-order valence-electron chi connectivity index (χ0n) is 23.5. The van der Waals surface area contributed by atoms with Gasteiger partial charge in [-0.25, -0.2) is 4.79 Å². The van der Waals surface area contributed by atoms with Gasteiger partial charge in [-0.2, -0.15) is 0 Å². The molecule has 3 aliphatic rings. The molecule has 0 saturated carbocycles. The predicted octanol–water partition coefficient (Wildman–Crippen LogP) is 3.81. The van der Waals surface area contributed by atoms with Crippen LogP contribution < -0.4 is 5.32 Å². The van der Waals surface area contributed by atoms with E-state index in [0.29, 0.717) is 55.8 Å². The van der Waals surface area contributed by atoms with Gasteiger partial charge in [0.1, 0.15) is 12.6 Å². The van der Waals surface area contributed by atoms with Crippen molar-refractivity contribution in [1.82, 2.24) is 14.7 Å². The molecule has 2 N–H and O–H groups in total. The predicted molar refractivity (Wildman–Crippen MR) is 152 cm³/mol. The molecule has 1 unspecified atom stereocenters. The van der Waals surface area contributed by atoms with Gasteiger partial charge >= 0.3 is 12.1 Å². The van der Waals surface area contributed by atoms with Crippen LogP contribution in [-0.4, -0.2) is 83.0 Å². The number of carbonyl (C=O) groups excluding carboxylic acids is 3. The SMILES string of the molecule is CN1Cc2cc(C(=O)N3CCC(C4CCN(C(=O)OCc5ccccc5)CC4)CC3)ccc2NC(CC(=O)O)C1=O. The number of hydrogen-bond acceptors (Lipinski definition) is 6. The fourth-order valence-electron chi connectivity index (χ4n) is 6.28.